The molecule has 3 rings (SSSR count). The third-order valence-corrected chi connectivity index (χ3v) is 5.99. The third kappa shape index (κ3) is 6.61. The maximum Gasteiger partial charge on any atom is 0.253 e. The summed E-state index contributed by atoms with van der Waals surface area (Å²) in [6.45, 7) is 8.52. The molecule has 0 saturated heterocycles. The van der Waals surface area contributed by atoms with Crippen molar-refractivity contribution in [1.29, 1.82) is 0 Å². The lowest BCUT2D eigenvalue weighted by Gasteiger charge is -2.15. The highest BCUT2D eigenvalue weighted by atomic mass is 35.5. The first-order valence-corrected chi connectivity index (χ1v) is 12.0. The van der Waals surface area contributed by atoms with Crippen LogP contribution in [-0.4, -0.2) is 38.9 Å². The molecule has 0 spiro atoms. The number of hydrogen-bond acceptors (Lipinski definition) is 6. The van der Waals surface area contributed by atoms with Crippen LogP contribution >= 0.6 is 23.4 Å². The molecule has 0 bridgehead atoms. The fraction of sp³-hybridized carbons (Fsp3) is 0.250. The Kier molecular flexibility index (Phi) is 9.12. The number of carbonyl (C=O) groups is 2. The number of thioether (sulfide) groups is 1. The van der Waals surface area contributed by atoms with Crippen LogP contribution in [0.1, 0.15) is 36.1 Å². The predicted molar refractivity (Wildman–Crippen MR) is 135 cm³/mol. The van der Waals surface area contributed by atoms with E-state index in [2.05, 4.69) is 27.4 Å². The minimum absolute atomic E-state index is 0.142. The molecule has 1 heterocycles. The Morgan fingerprint density at radius 3 is 2.62 bits per heavy atom. The molecule has 2 aromatic carbocycles. The quantitative estimate of drug-likeness (QED) is 0.292. The van der Waals surface area contributed by atoms with Crippen LogP contribution in [0.5, 0.6) is 5.75 Å². The van der Waals surface area contributed by atoms with Gasteiger partial charge in [0.2, 0.25) is 5.91 Å². The Hall–Kier alpha value is -3.30. The molecule has 0 radical (unpaired) electrons. The number of anilines is 1. The zero-order valence-electron chi connectivity index (χ0n) is 19.0. The van der Waals surface area contributed by atoms with Gasteiger partial charge in [0.1, 0.15) is 5.75 Å². The normalized spacial score (nSPS) is 11.5. The standard InChI is InChI=1S/C24H26ClN5O3S/c1-4-14-30-22(16(3)26-23(32)19-8-6-7-9-20(19)25)28-29-24(30)34-15-21(31)27-17-10-12-18(13-11-17)33-5-2/h4,6-13,16H,1,5,14-15H2,2-3H3,(H,26,32)(H,27,31)/t16-/m0/s1. The van der Waals surface area contributed by atoms with E-state index < -0.39 is 6.04 Å². The lowest BCUT2D eigenvalue weighted by Crippen LogP contribution is -2.29. The highest BCUT2D eigenvalue weighted by Crippen LogP contribution is 2.23. The number of benzene rings is 2. The fourth-order valence-electron chi connectivity index (χ4n) is 3.14. The van der Waals surface area contributed by atoms with Crippen LogP contribution in [0.25, 0.3) is 0 Å². The summed E-state index contributed by atoms with van der Waals surface area (Å²) in [5.74, 6) is 0.951. The Bertz CT molecular complexity index is 1150. The summed E-state index contributed by atoms with van der Waals surface area (Å²) >= 11 is 7.38. The second-order valence-electron chi connectivity index (χ2n) is 7.21. The lowest BCUT2D eigenvalue weighted by atomic mass is 10.2. The molecule has 1 atom stereocenters. The van der Waals surface area contributed by atoms with E-state index in [9.17, 15) is 9.59 Å². The van der Waals surface area contributed by atoms with Crippen molar-refractivity contribution in [2.75, 3.05) is 17.7 Å². The first-order chi connectivity index (χ1) is 16.4. The van der Waals surface area contributed by atoms with Gasteiger partial charge in [0, 0.05) is 12.2 Å². The van der Waals surface area contributed by atoms with Crippen LogP contribution in [0.4, 0.5) is 5.69 Å². The van der Waals surface area contributed by atoms with E-state index in [0.717, 1.165) is 5.75 Å². The molecular weight excluding hydrogens is 474 g/mol. The maximum atomic E-state index is 12.6. The Labute approximate surface area is 207 Å². The topological polar surface area (TPSA) is 98.1 Å². The number of hydrogen-bond donors (Lipinski definition) is 2. The van der Waals surface area contributed by atoms with E-state index in [-0.39, 0.29) is 17.6 Å². The van der Waals surface area contributed by atoms with Gasteiger partial charge in [0.25, 0.3) is 5.91 Å². The second-order valence-corrected chi connectivity index (χ2v) is 8.56. The van der Waals surface area contributed by atoms with Crippen LogP contribution in [0.3, 0.4) is 0 Å². The molecule has 3 aromatic rings. The highest BCUT2D eigenvalue weighted by Gasteiger charge is 2.21. The predicted octanol–water partition coefficient (Wildman–Crippen LogP) is 4.74. The van der Waals surface area contributed by atoms with E-state index in [1.807, 2.05) is 18.4 Å². The van der Waals surface area contributed by atoms with Gasteiger partial charge in [-0.25, -0.2) is 0 Å². The van der Waals surface area contributed by atoms with E-state index in [0.29, 0.717) is 40.4 Å². The Balaban J connectivity index is 1.63. The van der Waals surface area contributed by atoms with Gasteiger partial charge >= 0.3 is 0 Å². The van der Waals surface area contributed by atoms with Crippen LogP contribution in [-0.2, 0) is 11.3 Å². The number of rotatable bonds is 11. The van der Waals surface area contributed by atoms with E-state index in [4.69, 9.17) is 16.3 Å². The molecule has 1 aromatic heterocycles. The number of ether oxygens (including phenoxy) is 1. The van der Waals surface area contributed by atoms with Crippen LogP contribution in [0.2, 0.25) is 5.02 Å². The summed E-state index contributed by atoms with van der Waals surface area (Å²) in [5, 5.41) is 15.1. The number of nitrogens with zero attached hydrogens (tertiary/aromatic N) is 3. The molecule has 0 fully saturated rings. The fourth-order valence-corrected chi connectivity index (χ4v) is 4.12. The molecule has 10 heteroatoms. The van der Waals surface area contributed by atoms with Crippen molar-refractivity contribution >= 4 is 40.9 Å². The summed E-state index contributed by atoms with van der Waals surface area (Å²) in [4.78, 5) is 25.1. The van der Waals surface area contributed by atoms with Gasteiger partial charge in [0.15, 0.2) is 11.0 Å². The molecule has 178 valence electrons. The number of amides is 2. The van der Waals surface area contributed by atoms with Gasteiger partial charge < -0.3 is 19.9 Å². The average molecular weight is 500 g/mol. The van der Waals surface area contributed by atoms with E-state index >= 15 is 0 Å². The van der Waals surface area contributed by atoms with Gasteiger partial charge in [-0.2, -0.15) is 0 Å². The number of carbonyl (C=O) groups excluding carboxylic acids is 2. The number of aromatic nitrogens is 3. The lowest BCUT2D eigenvalue weighted by molar-refractivity contribution is -0.113. The SMILES string of the molecule is C=CCn1c(SCC(=O)Nc2ccc(OCC)cc2)nnc1[C@H](C)NC(=O)c1ccccc1Cl. The first kappa shape index (κ1) is 25.3. The molecule has 2 N–H and O–H groups in total. The molecule has 34 heavy (non-hydrogen) atoms. The zero-order chi connectivity index (χ0) is 24.5. The van der Waals surface area contributed by atoms with Gasteiger partial charge in [-0.05, 0) is 50.2 Å². The minimum atomic E-state index is -0.441. The molecule has 8 nitrogen and oxygen atoms in total. The monoisotopic (exact) mass is 499 g/mol. The second kappa shape index (κ2) is 12.2. The zero-order valence-corrected chi connectivity index (χ0v) is 20.5. The van der Waals surface area contributed by atoms with Crippen molar-refractivity contribution in [3.05, 3.63) is 77.6 Å². The largest absolute Gasteiger partial charge is 0.494 e. The van der Waals surface area contributed by atoms with Gasteiger partial charge in [-0.3, -0.25) is 9.59 Å². The molecule has 0 unspecified atom stereocenters. The van der Waals surface area contributed by atoms with Crippen molar-refractivity contribution in [3.63, 3.8) is 0 Å². The maximum absolute atomic E-state index is 12.6. The summed E-state index contributed by atoms with van der Waals surface area (Å²) in [6, 6.07) is 13.6. The van der Waals surface area contributed by atoms with Crippen molar-refractivity contribution in [2.45, 2.75) is 31.6 Å². The van der Waals surface area contributed by atoms with Gasteiger partial charge in [-0.1, -0.05) is 41.6 Å². The average Bonchev–Trinajstić information content (AvgIpc) is 3.22. The minimum Gasteiger partial charge on any atom is -0.494 e. The molecular formula is C24H26ClN5O3S. The Morgan fingerprint density at radius 1 is 1.21 bits per heavy atom. The van der Waals surface area contributed by atoms with Crippen LogP contribution in [0, 0.1) is 0 Å². The van der Waals surface area contributed by atoms with Crippen molar-refractivity contribution in [3.8, 4) is 5.75 Å². The molecule has 0 aliphatic carbocycles. The van der Waals surface area contributed by atoms with Crippen LogP contribution in [0.15, 0.2) is 66.3 Å². The Morgan fingerprint density at radius 2 is 1.94 bits per heavy atom. The molecule has 0 aliphatic heterocycles. The summed E-state index contributed by atoms with van der Waals surface area (Å²) in [6.07, 6.45) is 1.71. The van der Waals surface area contributed by atoms with Gasteiger partial charge in [-0.15, -0.1) is 16.8 Å². The van der Waals surface area contributed by atoms with Crippen molar-refractivity contribution < 1.29 is 14.3 Å². The third-order valence-electron chi connectivity index (χ3n) is 4.69. The van der Waals surface area contributed by atoms with Gasteiger partial charge in [0.05, 0.1) is 29.0 Å². The summed E-state index contributed by atoms with van der Waals surface area (Å²) in [7, 11) is 0. The number of halogens is 1. The highest BCUT2D eigenvalue weighted by molar-refractivity contribution is 7.99. The smallest absolute Gasteiger partial charge is 0.253 e. The molecule has 0 aliphatic rings. The molecule has 2 amide bonds. The van der Waals surface area contributed by atoms with Crippen molar-refractivity contribution in [2.24, 2.45) is 0 Å². The van der Waals surface area contributed by atoms with E-state index in [1.54, 1.807) is 54.6 Å². The summed E-state index contributed by atoms with van der Waals surface area (Å²) < 4.78 is 7.23. The number of allylic oxidation sites excluding steroid dienone is 1. The van der Waals surface area contributed by atoms with Crippen LogP contribution < -0.4 is 15.4 Å². The molecule has 0 saturated carbocycles. The summed E-state index contributed by atoms with van der Waals surface area (Å²) in [5.41, 5.74) is 1.06. The van der Waals surface area contributed by atoms with Crippen molar-refractivity contribution in [1.82, 2.24) is 20.1 Å². The number of nitrogens with one attached hydrogen (secondary N) is 2. The first-order valence-electron chi connectivity index (χ1n) is 10.7. The van der Waals surface area contributed by atoms with E-state index in [1.165, 1.54) is 11.8 Å².